The van der Waals surface area contributed by atoms with Crippen LogP contribution in [-0.4, -0.2) is 41.3 Å². The highest BCUT2D eigenvalue weighted by Crippen LogP contribution is 2.55. The molecule has 3 rings (SSSR count). The Morgan fingerprint density at radius 2 is 1.75 bits per heavy atom. The molecule has 1 unspecified atom stereocenters. The van der Waals surface area contributed by atoms with Crippen LogP contribution in [0.4, 0.5) is 13.2 Å². The van der Waals surface area contributed by atoms with Gasteiger partial charge in [0.05, 0.1) is 0 Å². The summed E-state index contributed by atoms with van der Waals surface area (Å²) in [5, 5.41) is 3.61. The van der Waals surface area contributed by atoms with Crippen LogP contribution in [0.3, 0.4) is 0 Å². The lowest BCUT2D eigenvalue weighted by Gasteiger charge is -2.52. The standard InChI is InChI=1S/C15H25F3N2/c1-2-12-10-19-13(6-4-3-5-7-13)11-20(12)14(8-9-14)15(16,17)18/h12,19H,2-11H2,1H3. The highest BCUT2D eigenvalue weighted by Gasteiger charge is 2.68. The van der Waals surface area contributed by atoms with Crippen LogP contribution in [0.15, 0.2) is 0 Å². The zero-order chi connectivity index (χ0) is 14.4. The molecule has 3 fully saturated rings. The van der Waals surface area contributed by atoms with Gasteiger partial charge in [0.25, 0.3) is 0 Å². The summed E-state index contributed by atoms with van der Waals surface area (Å²) in [5.41, 5.74) is -1.55. The zero-order valence-corrected chi connectivity index (χ0v) is 12.2. The lowest BCUT2D eigenvalue weighted by molar-refractivity contribution is -0.210. The Morgan fingerprint density at radius 3 is 2.25 bits per heavy atom. The van der Waals surface area contributed by atoms with E-state index in [0.29, 0.717) is 25.9 Å². The van der Waals surface area contributed by atoms with Crippen LogP contribution in [-0.2, 0) is 0 Å². The molecule has 1 heterocycles. The second-order valence-corrected chi connectivity index (χ2v) is 6.94. The predicted octanol–water partition coefficient (Wildman–Crippen LogP) is 3.47. The average molecular weight is 290 g/mol. The van der Waals surface area contributed by atoms with Gasteiger partial charge in [-0.25, -0.2) is 0 Å². The molecule has 1 spiro atoms. The summed E-state index contributed by atoms with van der Waals surface area (Å²) in [7, 11) is 0. The minimum absolute atomic E-state index is 0.0340. The van der Waals surface area contributed by atoms with E-state index in [4.69, 9.17) is 0 Å². The second-order valence-electron chi connectivity index (χ2n) is 6.94. The van der Waals surface area contributed by atoms with Gasteiger partial charge in [-0.05, 0) is 32.1 Å². The number of nitrogens with zero attached hydrogens (tertiary/aromatic N) is 1. The first-order chi connectivity index (χ1) is 9.43. The third kappa shape index (κ3) is 2.27. The SMILES string of the molecule is CCC1CNC2(CCCCC2)CN1C1(C(F)(F)F)CC1. The van der Waals surface area contributed by atoms with E-state index in [1.54, 1.807) is 0 Å². The van der Waals surface area contributed by atoms with Crippen LogP contribution >= 0.6 is 0 Å². The Morgan fingerprint density at radius 1 is 1.10 bits per heavy atom. The minimum atomic E-state index is -4.08. The van der Waals surface area contributed by atoms with Crippen LogP contribution in [0.2, 0.25) is 0 Å². The van der Waals surface area contributed by atoms with Crippen molar-refractivity contribution in [3.8, 4) is 0 Å². The molecule has 1 aliphatic heterocycles. The second kappa shape index (κ2) is 4.87. The average Bonchev–Trinajstić information content (AvgIpc) is 3.20. The first-order valence-corrected chi connectivity index (χ1v) is 8.01. The molecular weight excluding hydrogens is 265 g/mol. The molecule has 2 nitrogen and oxygen atoms in total. The molecule has 3 aliphatic rings. The Labute approximate surface area is 119 Å². The van der Waals surface area contributed by atoms with Gasteiger partial charge in [-0.3, -0.25) is 4.90 Å². The van der Waals surface area contributed by atoms with Crippen molar-refractivity contribution in [3.05, 3.63) is 0 Å². The Kier molecular flexibility index (Phi) is 3.57. The number of piperazine rings is 1. The molecule has 0 amide bonds. The van der Waals surface area contributed by atoms with E-state index < -0.39 is 11.7 Å². The molecule has 0 aromatic rings. The molecule has 20 heavy (non-hydrogen) atoms. The fourth-order valence-electron chi connectivity index (χ4n) is 4.24. The first kappa shape index (κ1) is 14.6. The van der Waals surface area contributed by atoms with E-state index in [1.807, 2.05) is 11.8 Å². The van der Waals surface area contributed by atoms with Crippen molar-refractivity contribution in [1.82, 2.24) is 10.2 Å². The maximum Gasteiger partial charge on any atom is 0.406 e. The molecule has 1 N–H and O–H groups in total. The molecule has 1 atom stereocenters. The van der Waals surface area contributed by atoms with E-state index in [2.05, 4.69) is 5.32 Å². The highest BCUT2D eigenvalue weighted by molar-refractivity contribution is 5.14. The minimum Gasteiger partial charge on any atom is -0.308 e. The topological polar surface area (TPSA) is 15.3 Å². The van der Waals surface area contributed by atoms with Crippen molar-refractivity contribution in [2.24, 2.45) is 0 Å². The lowest BCUT2D eigenvalue weighted by Crippen LogP contribution is -2.69. The third-order valence-corrected chi connectivity index (χ3v) is 5.71. The van der Waals surface area contributed by atoms with Crippen LogP contribution in [0.5, 0.6) is 0 Å². The van der Waals surface area contributed by atoms with Crippen molar-refractivity contribution in [1.29, 1.82) is 0 Å². The number of rotatable bonds is 2. The Bertz CT molecular complexity index is 357. The molecule has 0 aromatic heterocycles. The Hall–Kier alpha value is -0.290. The maximum atomic E-state index is 13.5. The first-order valence-electron chi connectivity index (χ1n) is 8.01. The zero-order valence-electron chi connectivity index (χ0n) is 12.2. The quantitative estimate of drug-likeness (QED) is 0.838. The summed E-state index contributed by atoms with van der Waals surface area (Å²) in [4.78, 5) is 1.83. The van der Waals surface area contributed by atoms with Gasteiger partial charge in [0.15, 0.2) is 0 Å². The summed E-state index contributed by atoms with van der Waals surface area (Å²) in [6.07, 6.45) is 2.90. The maximum absolute atomic E-state index is 13.5. The van der Waals surface area contributed by atoms with Crippen LogP contribution in [0.1, 0.15) is 58.3 Å². The monoisotopic (exact) mass is 290 g/mol. The molecule has 116 valence electrons. The molecule has 2 aliphatic carbocycles. The van der Waals surface area contributed by atoms with E-state index in [1.165, 1.54) is 6.42 Å². The summed E-state index contributed by atoms with van der Waals surface area (Å²) in [6.45, 7) is 3.31. The number of hydrogen-bond donors (Lipinski definition) is 1. The predicted molar refractivity (Wildman–Crippen MR) is 72.6 cm³/mol. The largest absolute Gasteiger partial charge is 0.406 e. The van der Waals surface area contributed by atoms with Crippen molar-refractivity contribution < 1.29 is 13.2 Å². The van der Waals surface area contributed by atoms with E-state index in [9.17, 15) is 13.2 Å². The fourth-order valence-corrected chi connectivity index (χ4v) is 4.24. The van der Waals surface area contributed by atoms with Crippen molar-refractivity contribution in [2.45, 2.75) is 81.6 Å². The van der Waals surface area contributed by atoms with Gasteiger partial charge < -0.3 is 5.32 Å². The van der Waals surface area contributed by atoms with Gasteiger partial charge >= 0.3 is 6.18 Å². The molecular formula is C15H25F3N2. The number of alkyl halides is 3. The highest BCUT2D eigenvalue weighted by atomic mass is 19.4. The van der Waals surface area contributed by atoms with Gasteiger partial charge in [-0.15, -0.1) is 0 Å². The summed E-state index contributed by atoms with van der Waals surface area (Å²) >= 11 is 0. The molecule has 2 saturated carbocycles. The van der Waals surface area contributed by atoms with Crippen LogP contribution < -0.4 is 5.32 Å². The summed E-state index contributed by atoms with van der Waals surface area (Å²) in [6, 6.07) is 0.0340. The lowest BCUT2D eigenvalue weighted by atomic mass is 9.78. The Balaban J connectivity index is 1.82. The normalized spacial score (nSPS) is 33.3. The summed E-state index contributed by atoms with van der Waals surface area (Å²) < 4.78 is 40.5. The van der Waals surface area contributed by atoms with Gasteiger partial charge in [-0.2, -0.15) is 13.2 Å². The third-order valence-electron chi connectivity index (χ3n) is 5.71. The molecule has 0 bridgehead atoms. The number of halogens is 3. The van der Waals surface area contributed by atoms with Gasteiger partial charge in [-0.1, -0.05) is 26.2 Å². The number of nitrogens with one attached hydrogen (secondary N) is 1. The van der Waals surface area contributed by atoms with Crippen molar-refractivity contribution >= 4 is 0 Å². The van der Waals surface area contributed by atoms with E-state index >= 15 is 0 Å². The van der Waals surface area contributed by atoms with Crippen LogP contribution in [0.25, 0.3) is 0 Å². The molecule has 0 aromatic carbocycles. The fraction of sp³-hybridized carbons (Fsp3) is 1.00. The summed E-state index contributed by atoms with van der Waals surface area (Å²) in [5.74, 6) is 0. The molecule has 0 radical (unpaired) electrons. The van der Waals surface area contributed by atoms with Gasteiger partial charge in [0.1, 0.15) is 5.54 Å². The van der Waals surface area contributed by atoms with Gasteiger partial charge in [0.2, 0.25) is 0 Å². The van der Waals surface area contributed by atoms with Gasteiger partial charge in [0, 0.05) is 24.7 Å². The van der Waals surface area contributed by atoms with E-state index in [0.717, 1.165) is 32.1 Å². The van der Waals surface area contributed by atoms with Crippen LogP contribution in [0, 0.1) is 0 Å². The van der Waals surface area contributed by atoms with Crippen molar-refractivity contribution in [2.75, 3.05) is 13.1 Å². The molecule has 5 heteroatoms. The number of hydrogen-bond acceptors (Lipinski definition) is 2. The van der Waals surface area contributed by atoms with E-state index in [-0.39, 0.29) is 11.6 Å². The smallest absolute Gasteiger partial charge is 0.308 e. The molecule has 1 saturated heterocycles. The van der Waals surface area contributed by atoms with Crippen molar-refractivity contribution in [3.63, 3.8) is 0 Å².